The van der Waals surface area contributed by atoms with Crippen molar-refractivity contribution in [3.8, 4) is 0 Å². The van der Waals surface area contributed by atoms with Crippen molar-refractivity contribution < 1.29 is 9.18 Å². The van der Waals surface area contributed by atoms with Crippen LogP contribution in [0.25, 0.3) is 0 Å². The molecule has 1 aromatic carbocycles. The largest absolute Gasteiger partial charge is 0.275 e. The Labute approximate surface area is 86.6 Å². The first-order chi connectivity index (χ1) is 5.52. The van der Waals surface area contributed by atoms with Gasteiger partial charge in [0.1, 0.15) is 5.82 Å². The average Bonchev–Trinajstić information content (AvgIpc) is 1.82. The van der Waals surface area contributed by atoms with Crippen LogP contribution in [-0.4, -0.2) is 5.24 Å². The molecule has 1 nitrogen and oxygen atoms in total. The zero-order chi connectivity index (χ0) is 9.30. The van der Waals surface area contributed by atoms with Gasteiger partial charge in [-0.25, -0.2) is 4.39 Å². The van der Waals surface area contributed by atoms with E-state index in [0.717, 1.165) is 6.07 Å². The second-order valence-electron chi connectivity index (χ2n) is 2.02. The molecule has 0 saturated heterocycles. The van der Waals surface area contributed by atoms with E-state index < -0.39 is 11.1 Å². The highest BCUT2D eigenvalue weighted by Crippen LogP contribution is 2.25. The zero-order valence-corrected chi connectivity index (χ0v) is 8.67. The predicted octanol–water partition coefficient (Wildman–Crippen LogP) is 3.62. The molecule has 0 fully saturated rings. The Bertz CT molecular complexity index is 317. The fourth-order valence-electron chi connectivity index (χ4n) is 0.730. The van der Waals surface area contributed by atoms with Crippen molar-refractivity contribution in [2.75, 3.05) is 0 Å². The second-order valence-corrected chi connectivity index (χ2v) is 3.65. The first-order valence-corrected chi connectivity index (χ1v) is 4.41. The molecule has 0 saturated carbocycles. The van der Waals surface area contributed by atoms with Gasteiger partial charge in [0.25, 0.3) is 5.24 Å². The van der Waals surface area contributed by atoms with Gasteiger partial charge in [0, 0.05) is 9.50 Å². The number of benzene rings is 1. The Morgan fingerprint density at radius 1 is 1.50 bits per heavy atom. The maximum Gasteiger partial charge on any atom is 0.256 e. The summed E-state index contributed by atoms with van der Waals surface area (Å²) in [5.41, 5.74) is -0.193. The van der Waals surface area contributed by atoms with E-state index in [4.69, 9.17) is 23.2 Å². The van der Waals surface area contributed by atoms with E-state index in [1.54, 1.807) is 0 Å². The van der Waals surface area contributed by atoms with Gasteiger partial charge in [-0.2, -0.15) is 0 Å². The molecule has 5 heteroatoms. The van der Waals surface area contributed by atoms with Crippen LogP contribution in [0.2, 0.25) is 5.02 Å². The first-order valence-electron chi connectivity index (χ1n) is 2.86. The van der Waals surface area contributed by atoms with Gasteiger partial charge >= 0.3 is 0 Å². The van der Waals surface area contributed by atoms with E-state index in [9.17, 15) is 9.18 Å². The molecule has 0 heterocycles. The lowest BCUT2D eigenvalue weighted by atomic mass is 10.2. The molecular weight excluding hydrogens is 270 g/mol. The lowest BCUT2D eigenvalue weighted by Crippen LogP contribution is -1.95. The summed E-state index contributed by atoms with van der Waals surface area (Å²) in [5.74, 6) is -0.727. The summed E-state index contributed by atoms with van der Waals surface area (Å²) in [6.07, 6.45) is 0. The predicted molar refractivity (Wildman–Crippen MR) is 49.3 cm³/mol. The summed E-state index contributed by atoms with van der Waals surface area (Å²) in [6, 6.07) is 2.43. The van der Waals surface area contributed by atoms with E-state index in [-0.39, 0.29) is 15.1 Å². The number of hydrogen-bond donors (Lipinski definition) is 0. The summed E-state index contributed by atoms with van der Waals surface area (Å²) < 4.78 is 13.2. The van der Waals surface area contributed by atoms with Gasteiger partial charge in [-0.3, -0.25) is 4.79 Å². The SMILES string of the molecule is O=C(Cl)c1c(F)cc(Cl)cc1Br. The molecule has 1 rings (SSSR count). The van der Waals surface area contributed by atoms with Crippen LogP contribution in [0.3, 0.4) is 0 Å². The third-order valence-electron chi connectivity index (χ3n) is 1.20. The number of carbonyl (C=O) groups is 1. The van der Waals surface area contributed by atoms with Gasteiger partial charge in [-0.05, 0) is 39.7 Å². The smallest absolute Gasteiger partial charge is 0.256 e. The Kier molecular flexibility index (Phi) is 3.09. The third kappa shape index (κ3) is 1.97. The molecule has 0 aliphatic rings. The molecule has 0 radical (unpaired) electrons. The van der Waals surface area contributed by atoms with Crippen molar-refractivity contribution in [2.45, 2.75) is 0 Å². The number of carbonyl (C=O) groups excluding carboxylic acids is 1. The molecule has 0 atom stereocenters. The molecule has 0 N–H and O–H groups in total. The van der Waals surface area contributed by atoms with E-state index in [0.29, 0.717) is 0 Å². The van der Waals surface area contributed by atoms with Gasteiger partial charge < -0.3 is 0 Å². The van der Waals surface area contributed by atoms with Crippen molar-refractivity contribution in [3.05, 3.63) is 33.0 Å². The normalized spacial score (nSPS) is 10.0. The molecule has 12 heavy (non-hydrogen) atoms. The third-order valence-corrected chi connectivity index (χ3v) is 2.24. The molecule has 1 aromatic rings. The Morgan fingerprint density at radius 2 is 2.08 bits per heavy atom. The topological polar surface area (TPSA) is 17.1 Å². The second kappa shape index (κ2) is 3.73. The van der Waals surface area contributed by atoms with Gasteiger partial charge in [0.05, 0.1) is 5.56 Å². The molecule has 0 aromatic heterocycles. The van der Waals surface area contributed by atoms with Crippen LogP contribution >= 0.6 is 39.1 Å². The lowest BCUT2D eigenvalue weighted by Gasteiger charge is -2.00. The average molecular weight is 272 g/mol. The molecule has 64 valence electrons. The summed E-state index contributed by atoms with van der Waals surface area (Å²) >= 11 is 13.6. The highest BCUT2D eigenvalue weighted by Gasteiger charge is 2.14. The van der Waals surface area contributed by atoms with Crippen molar-refractivity contribution in [3.63, 3.8) is 0 Å². The fraction of sp³-hybridized carbons (Fsp3) is 0. The first kappa shape index (κ1) is 9.96. The van der Waals surface area contributed by atoms with E-state index >= 15 is 0 Å². The van der Waals surface area contributed by atoms with Crippen LogP contribution in [0.15, 0.2) is 16.6 Å². The number of hydrogen-bond acceptors (Lipinski definition) is 1. The minimum Gasteiger partial charge on any atom is -0.275 e. The van der Waals surface area contributed by atoms with E-state index in [1.807, 2.05) is 0 Å². The fourth-order valence-corrected chi connectivity index (χ4v) is 1.99. The summed E-state index contributed by atoms with van der Waals surface area (Å²) in [4.78, 5) is 10.7. The Morgan fingerprint density at radius 3 is 2.50 bits per heavy atom. The van der Waals surface area contributed by atoms with Crippen molar-refractivity contribution >= 4 is 44.4 Å². The number of rotatable bonds is 1. The van der Waals surface area contributed by atoms with Crippen LogP contribution in [0.5, 0.6) is 0 Å². The highest BCUT2D eigenvalue weighted by molar-refractivity contribution is 9.10. The van der Waals surface area contributed by atoms with Crippen LogP contribution in [0.1, 0.15) is 10.4 Å². The van der Waals surface area contributed by atoms with Gasteiger partial charge in [-0.1, -0.05) is 11.6 Å². The lowest BCUT2D eigenvalue weighted by molar-refractivity contribution is 0.107. The molecule has 0 unspecified atom stereocenters. The molecule has 0 aliphatic carbocycles. The summed E-state index contributed by atoms with van der Waals surface area (Å²) in [5, 5.41) is -0.642. The summed E-state index contributed by atoms with van der Waals surface area (Å²) in [7, 11) is 0. The van der Waals surface area contributed by atoms with Crippen molar-refractivity contribution in [1.29, 1.82) is 0 Å². The molecular formula is C7H2BrCl2FO. The molecule has 0 spiro atoms. The molecule has 0 amide bonds. The minimum atomic E-state index is -0.851. The van der Waals surface area contributed by atoms with Gasteiger partial charge in [0.2, 0.25) is 0 Å². The van der Waals surface area contributed by atoms with Gasteiger partial charge in [0.15, 0.2) is 0 Å². The van der Waals surface area contributed by atoms with Crippen LogP contribution in [0, 0.1) is 5.82 Å². The summed E-state index contributed by atoms with van der Waals surface area (Å²) in [6.45, 7) is 0. The monoisotopic (exact) mass is 270 g/mol. The van der Waals surface area contributed by atoms with E-state index in [1.165, 1.54) is 6.07 Å². The quantitative estimate of drug-likeness (QED) is 0.713. The van der Waals surface area contributed by atoms with Crippen molar-refractivity contribution in [1.82, 2.24) is 0 Å². The minimum absolute atomic E-state index is 0.193. The highest BCUT2D eigenvalue weighted by atomic mass is 79.9. The maximum absolute atomic E-state index is 12.9. The maximum atomic E-state index is 12.9. The van der Waals surface area contributed by atoms with Crippen LogP contribution in [-0.2, 0) is 0 Å². The Balaban J connectivity index is 3.38. The standard InChI is InChI=1S/C7H2BrCl2FO/c8-4-1-3(9)2-5(11)6(4)7(10)12/h1-2H. The van der Waals surface area contributed by atoms with Crippen LogP contribution in [0.4, 0.5) is 4.39 Å². The zero-order valence-electron chi connectivity index (χ0n) is 5.57. The number of halogens is 4. The van der Waals surface area contributed by atoms with E-state index in [2.05, 4.69) is 15.9 Å². The van der Waals surface area contributed by atoms with Gasteiger partial charge in [-0.15, -0.1) is 0 Å². The van der Waals surface area contributed by atoms with Crippen LogP contribution < -0.4 is 0 Å². The van der Waals surface area contributed by atoms with Crippen molar-refractivity contribution in [2.24, 2.45) is 0 Å². The molecule has 0 bridgehead atoms. The Hall–Kier alpha value is -0.120. The molecule has 0 aliphatic heterocycles.